The molecule has 0 radical (unpaired) electrons. The van der Waals surface area contributed by atoms with Gasteiger partial charge in [-0.1, -0.05) is 36.4 Å². The minimum atomic E-state index is -0.0245. The van der Waals surface area contributed by atoms with Crippen molar-refractivity contribution in [3.63, 3.8) is 0 Å². The molecule has 0 bridgehead atoms. The van der Waals surface area contributed by atoms with Gasteiger partial charge < -0.3 is 4.90 Å². The minimum Gasteiger partial charge on any atom is -0.309 e. The predicted molar refractivity (Wildman–Crippen MR) is 106 cm³/mol. The Kier molecular flexibility index (Phi) is 3.54. The minimum absolute atomic E-state index is 0.0245. The highest BCUT2D eigenvalue weighted by Gasteiger charge is 2.30. The molecule has 0 spiro atoms. The average molecular weight is 349 g/mol. The molecule has 0 atom stereocenters. The van der Waals surface area contributed by atoms with Gasteiger partial charge in [0.05, 0.1) is 23.0 Å². The number of anilines is 3. The molecule has 27 heavy (non-hydrogen) atoms. The van der Waals surface area contributed by atoms with Crippen molar-refractivity contribution in [2.24, 2.45) is 0 Å². The number of aromatic nitrogens is 2. The molecule has 0 aliphatic heterocycles. The third-order valence-electron chi connectivity index (χ3n) is 4.68. The van der Waals surface area contributed by atoms with Gasteiger partial charge in [-0.15, -0.1) is 0 Å². The van der Waals surface area contributed by atoms with E-state index in [0.717, 1.165) is 17.1 Å². The summed E-state index contributed by atoms with van der Waals surface area (Å²) in [7, 11) is 0. The Balaban J connectivity index is 1.68. The van der Waals surface area contributed by atoms with Crippen LogP contribution in [0.25, 0.3) is 11.4 Å². The van der Waals surface area contributed by atoms with Gasteiger partial charge in [0.2, 0.25) is 0 Å². The molecule has 5 rings (SSSR count). The van der Waals surface area contributed by atoms with Crippen molar-refractivity contribution in [1.82, 2.24) is 9.97 Å². The molecule has 0 unspecified atom stereocenters. The molecule has 2 aromatic heterocycles. The first kappa shape index (κ1) is 15.5. The molecule has 2 heterocycles. The Morgan fingerprint density at radius 1 is 0.630 bits per heavy atom. The van der Waals surface area contributed by atoms with Crippen LogP contribution in [0.4, 0.5) is 17.1 Å². The summed E-state index contributed by atoms with van der Waals surface area (Å²) >= 11 is 0. The maximum atomic E-state index is 12.8. The normalized spacial score (nSPS) is 11.8. The number of nitrogens with zero attached hydrogens (tertiary/aromatic N) is 3. The smallest absolute Gasteiger partial charge is 0.197 e. The number of para-hydroxylation sites is 2. The van der Waals surface area contributed by atoms with E-state index in [1.807, 2.05) is 66.7 Å². The van der Waals surface area contributed by atoms with Crippen molar-refractivity contribution in [2.45, 2.75) is 0 Å². The van der Waals surface area contributed by atoms with Crippen molar-refractivity contribution in [3.05, 3.63) is 102 Å². The fraction of sp³-hybridized carbons (Fsp3) is 0. The lowest BCUT2D eigenvalue weighted by Gasteiger charge is -2.25. The maximum Gasteiger partial charge on any atom is 0.197 e. The molecule has 4 aromatic rings. The zero-order valence-electron chi connectivity index (χ0n) is 14.4. The van der Waals surface area contributed by atoms with Gasteiger partial charge in [0, 0.05) is 17.6 Å². The van der Waals surface area contributed by atoms with Gasteiger partial charge >= 0.3 is 0 Å². The molecule has 4 heteroatoms. The number of pyridine rings is 2. The van der Waals surface area contributed by atoms with Crippen molar-refractivity contribution < 1.29 is 4.79 Å². The quantitative estimate of drug-likeness (QED) is 0.451. The van der Waals surface area contributed by atoms with Crippen LogP contribution in [0.1, 0.15) is 15.9 Å². The number of hydrogen-bond donors (Lipinski definition) is 0. The summed E-state index contributed by atoms with van der Waals surface area (Å²) in [5.41, 5.74) is 5.38. The molecule has 0 N–H and O–H groups in total. The topological polar surface area (TPSA) is 46.1 Å². The lowest BCUT2D eigenvalue weighted by molar-refractivity contribution is 0.104. The molecule has 0 saturated heterocycles. The van der Waals surface area contributed by atoms with E-state index in [1.54, 1.807) is 24.5 Å². The summed E-state index contributed by atoms with van der Waals surface area (Å²) in [5, 5.41) is 0. The van der Waals surface area contributed by atoms with E-state index in [1.165, 1.54) is 0 Å². The number of rotatable bonds is 3. The predicted octanol–water partition coefficient (Wildman–Crippen LogP) is 5.16. The Bertz CT molecular complexity index is 1100. The van der Waals surface area contributed by atoms with Crippen LogP contribution in [0.3, 0.4) is 0 Å². The Morgan fingerprint density at radius 3 is 1.93 bits per heavy atom. The fourth-order valence-corrected chi connectivity index (χ4v) is 3.46. The van der Waals surface area contributed by atoms with Gasteiger partial charge in [0.25, 0.3) is 0 Å². The molecule has 4 nitrogen and oxygen atoms in total. The molecular formula is C23H15N3O. The molecule has 1 aliphatic rings. The van der Waals surface area contributed by atoms with E-state index in [-0.39, 0.29) is 5.78 Å². The third-order valence-corrected chi connectivity index (χ3v) is 4.68. The summed E-state index contributed by atoms with van der Waals surface area (Å²) in [5.74, 6) is -0.0245. The number of hydrogen-bond acceptors (Lipinski definition) is 4. The van der Waals surface area contributed by atoms with E-state index in [2.05, 4.69) is 14.9 Å². The van der Waals surface area contributed by atoms with Crippen molar-refractivity contribution in [2.75, 3.05) is 4.90 Å². The highest BCUT2D eigenvalue weighted by atomic mass is 16.1. The monoisotopic (exact) mass is 349 g/mol. The number of carbonyl (C=O) groups excluding carboxylic acids is 1. The Hall–Kier alpha value is -3.79. The number of fused-ring (bicyclic) bond motifs is 3. The van der Waals surface area contributed by atoms with Gasteiger partial charge in [0.1, 0.15) is 11.4 Å². The van der Waals surface area contributed by atoms with Crippen LogP contribution < -0.4 is 4.90 Å². The largest absolute Gasteiger partial charge is 0.309 e. The van der Waals surface area contributed by atoms with E-state index in [4.69, 9.17) is 0 Å². The highest BCUT2D eigenvalue weighted by Crippen LogP contribution is 2.39. The number of benzene rings is 2. The van der Waals surface area contributed by atoms with E-state index >= 15 is 0 Å². The summed E-state index contributed by atoms with van der Waals surface area (Å²) in [4.78, 5) is 23.9. The molecule has 0 fully saturated rings. The molecular weight excluding hydrogens is 334 g/mol. The second-order valence-electron chi connectivity index (χ2n) is 6.32. The molecule has 0 saturated carbocycles. The third kappa shape index (κ3) is 2.50. The highest BCUT2D eigenvalue weighted by molar-refractivity contribution is 6.20. The van der Waals surface area contributed by atoms with Crippen molar-refractivity contribution in [3.8, 4) is 11.4 Å². The maximum absolute atomic E-state index is 12.8. The first-order chi connectivity index (χ1) is 13.3. The average Bonchev–Trinajstić information content (AvgIpc) is 3.02. The SMILES string of the molecule is O=C1c2cccnc2-c2ncc(N(c3ccccc3)c3ccccc3)cc21. The summed E-state index contributed by atoms with van der Waals surface area (Å²) in [6.45, 7) is 0. The lowest BCUT2D eigenvalue weighted by Crippen LogP contribution is -2.11. The van der Waals surface area contributed by atoms with Gasteiger partial charge in [-0.2, -0.15) is 0 Å². The van der Waals surface area contributed by atoms with Crippen molar-refractivity contribution >= 4 is 22.8 Å². The van der Waals surface area contributed by atoms with Gasteiger partial charge in [-0.05, 0) is 42.5 Å². The molecule has 0 amide bonds. The second kappa shape index (κ2) is 6.18. The zero-order chi connectivity index (χ0) is 18.2. The summed E-state index contributed by atoms with van der Waals surface area (Å²) in [6.07, 6.45) is 3.49. The molecule has 2 aromatic carbocycles. The van der Waals surface area contributed by atoms with E-state index in [0.29, 0.717) is 22.5 Å². The van der Waals surface area contributed by atoms with Crippen LogP contribution in [-0.2, 0) is 0 Å². The number of ketones is 1. The first-order valence-corrected chi connectivity index (χ1v) is 8.73. The van der Waals surface area contributed by atoms with Crippen LogP contribution in [-0.4, -0.2) is 15.8 Å². The Morgan fingerprint density at radius 2 is 1.26 bits per heavy atom. The Labute approximate surface area is 156 Å². The van der Waals surface area contributed by atoms with Gasteiger partial charge in [-0.3, -0.25) is 14.8 Å². The first-order valence-electron chi connectivity index (χ1n) is 8.73. The summed E-state index contributed by atoms with van der Waals surface area (Å²) in [6, 6.07) is 25.6. The second-order valence-corrected chi connectivity index (χ2v) is 6.32. The van der Waals surface area contributed by atoms with Gasteiger partial charge in [0.15, 0.2) is 5.78 Å². The molecule has 128 valence electrons. The van der Waals surface area contributed by atoms with Gasteiger partial charge in [-0.25, -0.2) is 0 Å². The summed E-state index contributed by atoms with van der Waals surface area (Å²) < 4.78 is 0. The van der Waals surface area contributed by atoms with Crippen LogP contribution in [0.15, 0.2) is 91.3 Å². The van der Waals surface area contributed by atoms with Crippen molar-refractivity contribution in [1.29, 1.82) is 0 Å². The molecule has 1 aliphatic carbocycles. The lowest BCUT2D eigenvalue weighted by atomic mass is 10.1. The van der Waals surface area contributed by atoms with E-state index < -0.39 is 0 Å². The fourth-order valence-electron chi connectivity index (χ4n) is 3.46. The van der Waals surface area contributed by atoms with Crippen LogP contribution >= 0.6 is 0 Å². The van der Waals surface area contributed by atoms with E-state index in [9.17, 15) is 4.79 Å². The zero-order valence-corrected chi connectivity index (χ0v) is 14.4. The van der Waals surface area contributed by atoms with Crippen LogP contribution in [0.5, 0.6) is 0 Å². The van der Waals surface area contributed by atoms with Crippen LogP contribution in [0, 0.1) is 0 Å². The standard InChI is InChI=1S/C23H15N3O/c27-23-19-12-7-13-24-21(19)22-20(23)14-18(15-25-22)26(16-8-3-1-4-9-16)17-10-5-2-6-11-17/h1-15H. The van der Waals surface area contributed by atoms with Crippen LogP contribution in [0.2, 0.25) is 0 Å². The number of carbonyl (C=O) groups is 1.